The second-order valence-electron chi connectivity index (χ2n) is 8.12. The average Bonchev–Trinajstić information content (AvgIpc) is 2.72. The van der Waals surface area contributed by atoms with Crippen LogP contribution in [0.4, 0.5) is 24.5 Å². The smallest absolute Gasteiger partial charge is 0.444 e. The maximum Gasteiger partial charge on any atom is 0.495 e. The van der Waals surface area contributed by atoms with Crippen molar-refractivity contribution in [3.8, 4) is 0 Å². The van der Waals surface area contributed by atoms with E-state index in [0.29, 0.717) is 17.7 Å². The highest BCUT2D eigenvalue weighted by molar-refractivity contribution is 5.97. The number of hydrogen-bond acceptors (Lipinski definition) is 7. The quantitative estimate of drug-likeness (QED) is 0.235. The first kappa shape index (κ1) is 28.1. The molecule has 0 fully saturated rings. The molecule has 1 atom stereocenters. The number of urea groups is 1. The van der Waals surface area contributed by atoms with Crippen LogP contribution in [0.1, 0.15) is 39.2 Å². The number of nitrogens with one attached hydrogen (secondary N) is 4. The van der Waals surface area contributed by atoms with Gasteiger partial charge in [0.2, 0.25) is 11.8 Å². The van der Waals surface area contributed by atoms with Crippen LogP contribution in [0.5, 0.6) is 0 Å². The van der Waals surface area contributed by atoms with Crippen molar-refractivity contribution in [3.63, 3.8) is 0 Å². The summed E-state index contributed by atoms with van der Waals surface area (Å²) >= 11 is 0. The topological polar surface area (TPSA) is 178 Å². The summed E-state index contributed by atoms with van der Waals surface area (Å²) in [6, 6.07) is 4.36. The van der Waals surface area contributed by atoms with Crippen molar-refractivity contribution in [2.75, 3.05) is 18.4 Å². The van der Waals surface area contributed by atoms with E-state index >= 15 is 0 Å². The average molecular weight is 483 g/mol. The number of nitrogens with two attached hydrogens (primary N) is 1. The van der Waals surface area contributed by atoms with Crippen LogP contribution in [0.25, 0.3) is 0 Å². The van der Waals surface area contributed by atoms with Crippen LogP contribution >= 0.6 is 0 Å². The third-order valence-corrected chi connectivity index (χ3v) is 3.99. The summed E-state index contributed by atoms with van der Waals surface area (Å²) in [5, 5.41) is 9.84. The minimum atomic E-state index is -1.90. The fraction of sp³-hybridized carbons (Fsp3) is 0.476. The largest absolute Gasteiger partial charge is 0.495 e. The molecule has 0 aliphatic heterocycles. The van der Waals surface area contributed by atoms with Crippen molar-refractivity contribution in [1.29, 1.82) is 0 Å². The SMILES string of the molecule is CC(C)(C)OC(=O)NCC(=O)N[C@@H](CCCNC(N)=O)C(=O)Nc1ccc(COC(=O)F)cc1. The Labute approximate surface area is 196 Å². The van der Waals surface area contributed by atoms with E-state index in [1.807, 2.05) is 0 Å². The molecule has 0 saturated heterocycles. The number of anilines is 1. The molecule has 1 aromatic carbocycles. The van der Waals surface area contributed by atoms with E-state index in [9.17, 15) is 28.4 Å². The zero-order valence-electron chi connectivity index (χ0n) is 19.2. The zero-order valence-corrected chi connectivity index (χ0v) is 19.2. The summed E-state index contributed by atoms with van der Waals surface area (Å²) in [4.78, 5) is 57.8. The summed E-state index contributed by atoms with van der Waals surface area (Å²) in [7, 11) is 0. The lowest BCUT2D eigenvalue weighted by atomic mass is 10.1. The Morgan fingerprint density at radius 1 is 1.06 bits per heavy atom. The molecule has 0 radical (unpaired) electrons. The highest BCUT2D eigenvalue weighted by Crippen LogP contribution is 2.12. The predicted molar refractivity (Wildman–Crippen MR) is 119 cm³/mol. The van der Waals surface area contributed by atoms with Gasteiger partial charge >= 0.3 is 18.3 Å². The van der Waals surface area contributed by atoms with Gasteiger partial charge in [-0.15, -0.1) is 4.39 Å². The van der Waals surface area contributed by atoms with Crippen molar-refractivity contribution in [3.05, 3.63) is 29.8 Å². The molecule has 0 aliphatic carbocycles. The van der Waals surface area contributed by atoms with Gasteiger partial charge in [-0.25, -0.2) is 14.4 Å². The molecule has 0 saturated carbocycles. The lowest BCUT2D eigenvalue weighted by Gasteiger charge is -2.21. The molecule has 0 unspecified atom stereocenters. The Morgan fingerprint density at radius 3 is 2.26 bits per heavy atom. The number of hydrogen-bond donors (Lipinski definition) is 5. The van der Waals surface area contributed by atoms with Crippen molar-refractivity contribution in [2.24, 2.45) is 5.73 Å². The first-order valence-corrected chi connectivity index (χ1v) is 10.4. The minimum Gasteiger partial charge on any atom is -0.444 e. The van der Waals surface area contributed by atoms with Gasteiger partial charge < -0.3 is 36.5 Å². The highest BCUT2D eigenvalue weighted by Gasteiger charge is 2.22. The molecular weight excluding hydrogens is 453 g/mol. The van der Waals surface area contributed by atoms with Crippen molar-refractivity contribution in [2.45, 2.75) is 51.9 Å². The number of benzene rings is 1. The lowest BCUT2D eigenvalue weighted by molar-refractivity contribution is -0.126. The summed E-state index contributed by atoms with van der Waals surface area (Å²) in [6.45, 7) is 4.53. The Bertz CT molecular complexity index is 871. The van der Waals surface area contributed by atoms with E-state index < -0.39 is 48.3 Å². The van der Waals surface area contributed by atoms with Crippen LogP contribution in [-0.2, 0) is 25.7 Å². The number of carbonyl (C=O) groups excluding carboxylic acids is 5. The van der Waals surface area contributed by atoms with Gasteiger partial charge in [0, 0.05) is 12.2 Å². The Kier molecular flexibility index (Phi) is 11.3. The molecule has 6 N–H and O–H groups in total. The van der Waals surface area contributed by atoms with Crippen LogP contribution in [0.2, 0.25) is 0 Å². The highest BCUT2D eigenvalue weighted by atomic mass is 19.1. The van der Waals surface area contributed by atoms with Crippen molar-refractivity contribution < 1.29 is 37.8 Å². The van der Waals surface area contributed by atoms with Gasteiger partial charge in [0.05, 0.1) is 0 Å². The fourth-order valence-corrected chi connectivity index (χ4v) is 2.55. The fourth-order valence-electron chi connectivity index (χ4n) is 2.55. The normalized spacial score (nSPS) is 11.5. The summed E-state index contributed by atoms with van der Waals surface area (Å²) in [5.41, 5.74) is 5.15. The van der Waals surface area contributed by atoms with E-state index in [4.69, 9.17) is 10.5 Å². The van der Waals surface area contributed by atoms with Crippen LogP contribution in [0.15, 0.2) is 24.3 Å². The van der Waals surface area contributed by atoms with Gasteiger partial charge in [-0.2, -0.15) is 0 Å². The number of ether oxygens (including phenoxy) is 2. The number of primary amides is 1. The Balaban J connectivity index is 2.71. The monoisotopic (exact) mass is 483 g/mol. The standard InChI is InChI=1S/C21H30FN5O7/c1-21(2,3)34-20(32)25-11-16(28)27-15(5-4-10-24-19(23)31)17(29)26-14-8-6-13(7-9-14)12-33-18(22)30/h6-9,15H,4-5,10-12H2,1-3H3,(H,25,32)(H,26,29)(H,27,28)(H3,23,24,31)/t15-/m0/s1. The third kappa shape index (κ3) is 12.8. The van der Waals surface area contributed by atoms with E-state index in [2.05, 4.69) is 26.0 Å². The van der Waals surface area contributed by atoms with Crippen LogP contribution in [0.3, 0.4) is 0 Å². The first-order valence-electron chi connectivity index (χ1n) is 10.4. The van der Waals surface area contributed by atoms with Crippen LogP contribution in [0, 0.1) is 0 Å². The Morgan fingerprint density at radius 2 is 1.71 bits per heavy atom. The molecule has 12 nitrogen and oxygen atoms in total. The first-order chi connectivity index (χ1) is 15.9. The van der Waals surface area contributed by atoms with E-state index in [1.165, 1.54) is 24.3 Å². The number of halogens is 1. The maximum atomic E-state index is 12.7. The van der Waals surface area contributed by atoms with Crippen molar-refractivity contribution in [1.82, 2.24) is 16.0 Å². The molecule has 0 aromatic heterocycles. The molecule has 13 heteroatoms. The number of alkyl carbamates (subject to hydrolysis) is 1. The molecule has 0 aliphatic rings. The van der Waals surface area contributed by atoms with E-state index in [1.54, 1.807) is 20.8 Å². The summed E-state index contributed by atoms with van der Waals surface area (Å²) in [5.74, 6) is -1.18. The molecule has 188 valence electrons. The number of amides is 5. The van der Waals surface area contributed by atoms with Crippen LogP contribution < -0.4 is 27.0 Å². The zero-order chi connectivity index (χ0) is 25.7. The summed E-state index contributed by atoms with van der Waals surface area (Å²) in [6.07, 6.45) is -2.20. The molecule has 1 rings (SSSR count). The number of rotatable bonds is 11. The maximum absolute atomic E-state index is 12.7. The second kappa shape index (κ2) is 13.6. The van der Waals surface area contributed by atoms with Gasteiger partial charge in [-0.3, -0.25) is 9.59 Å². The lowest BCUT2D eigenvalue weighted by Crippen LogP contribution is -2.48. The number of carbonyl (C=O) groups is 5. The Hall–Kier alpha value is -3.90. The van der Waals surface area contributed by atoms with E-state index in [0.717, 1.165) is 0 Å². The van der Waals surface area contributed by atoms with Crippen molar-refractivity contribution >= 4 is 35.8 Å². The molecule has 0 heterocycles. The third-order valence-electron chi connectivity index (χ3n) is 3.99. The van der Waals surface area contributed by atoms with Gasteiger partial charge in [0.15, 0.2) is 0 Å². The van der Waals surface area contributed by atoms with Crippen LogP contribution in [-0.4, -0.2) is 54.9 Å². The van der Waals surface area contributed by atoms with Gasteiger partial charge in [0.25, 0.3) is 0 Å². The van der Waals surface area contributed by atoms with E-state index in [-0.39, 0.29) is 19.6 Å². The molecular formula is C21H30FN5O7. The van der Waals surface area contributed by atoms with Gasteiger partial charge in [0.1, 0.15) is 24.8 Å². The molecule has 0 spiro atoms. The molecule has 5 amide bonds. The van der Waals surface area contributed by atoms with Gasteiger partial charge in [-0.1, -0.05) is 12.1 Å². The molecule has 1 aromatic rings. The van der Waals surface area contributed by atoms with Gasteiger partial charge in [-0.05, 0) is 51.3 Å². The molecule has 0 bridgehead atoms. The predicted octanol–water partition coefficient (Wildman–Crippen LogP) is 1.69. The minimum absolute atomic E-state index is 0.162. The summed E-state index contributed by atoms with van der Waals surface area (Å²) < 4.78 is 21.5. The molecule has 34 heavy (non-hydrogen) atoms. The second-order valence-corrected chi connectivity index (χ2v) is 8.12.